The van der Waals surface area contributed by atoms with Crippen molar-refractivity contribution in [1.29, 1.82) is 0 Å². The van der Waals surface area contributed by atoms with E-state index in [2.05, 4.69) is 4.90 Å². The average Bonchev–Trinajstić information content (AvgIpc) is 3.42. The first kappa shape index (κ1) is 19.6. The number of para-hydroxylation sites is 2. The molecule has 1 fully saturated rings. The minimum absolute atomic E-state index is 0.0244. The van der Waals surface area contributed by atoms with Gasteiger partial charge in [-0.15, -0.1) is 0 Å². The number of ketones is 2. The van der Waals surface area contributed by atoms with E-state index in [4.69, 9.17) is 10.2 Å². The molecule has 0 aliphatic carbocycles. The molecule has 7 heteroatoms. The van der Waals surface area contributed by atoms with E-state index in [-0.39, 0.29) is 23.7 Å². The number of carbonyl (C=O) groups excluding carboxylic acids is 2. The normalized spacial score (nSPS) is 27.5. The van der Waals surface area contributed by atoms with E-state index in [1.807, 2.05) is 77.7 Å². The van der Waals surface area contributed by atoms with Crippen LogP contribution in [-0.4, -0.2) is 52.7 Å². The molecule has 0 saturated carbocycles. The number of anilines is 2. The van der Waals surface area contributed by atoms with Gasteiger partial charge in [-0.2, -0.15) is 10.2 Å². The van der Waals surface area contributed by atoms with Crippen LogP contribution < -0.4 is 10.0 Å². The third-order valence-electron chi connectivity index (χ3n) is 6.64. The third-order valence-corrected chi connectivity index (χ3v) is 6.64. The Hall–Kier alpha value is -3.32. The van der Waals surface area contributed by atoms with Gasteiger partial charge in [0.15, 0.2) is 11.6 Å². The van der Waals surface area contributed by atoms with Gasteiger partial charge >= 0.3 is 0 Å². The molecule has 0 amide bonds. The Bertz CT molecular complexity index is 1100. The maximum absolute atomic E-state index is 12.6. The van der Waals surface area contributed by atoms with E-state index >= 15 is 0 Å². The molecule has 158 valence electrons. The predicted molar refractivity (Wildman–Crippen MR) is 121 cm³/mol. The van der Waals surface area contributed by atoms with Crippen molar-refractivity contribution in [2.45, 2.75) is 44.4 Å². The zero-order valence-corrected chi connectivity index (χ0v) is 17.9. The lowest BCUT2D eigenvalue weighted by molar-refractivity contribution is -0.112. The van der Waals surface area contributed by atoms with Crippen molar-refractivity contribution < 1.29 is 9.59 Å². The highest BCUT2D eigenvalue weighted by molar-refractivity contribution is 6.42. The number of carbonyl (C=O) groups is 2. The van der Waals surface area contributed by atoms with Crippen molar-refractivity contribution in [1.82, 2.24) is 4.90 Å². The summed E-state index contributed by atoms with van der Waals surface area (Å²) in [6, 6.07) is 19.7. The maximum Gasteiger partial charge on any atom is 0.177 e. The Morgan fingerprint density at radius 3 is 2.10 bits per heavy atom. The monoisotopic (exact) mass is 415 g/mol. The molecule has 1 saturated heterocycles. The van der Waals surface area contributed by atoms with Crippen molar-refractivity contribution >= 4 is 34.4 Å². The standard InChI is InChI=1S/C24H25N5O2/c1-16(30)20-14-24(29(25-20)19-12-8-5-9-13-19)15-21-23(27(24)3)22(17(2)31)26-28(21)18-10-6-4-7-11-18/h4-13,21,23H,14-15H2,1-3H3/t21-,23+,24?/m0/s1. The van der Waals surface area contributed by atoms with Crippen LogP contribution in [0, 0.1) is 0 Å². The summed E-state index contributed by atoms with van der Waals surface area (Å²) in [5.41, 5.74) is 2.46. The smallest absolute Gasteiger partial charge is 0.177 e. The Labute approximate surface area is 181 Å². The van der Waals surface area contributed by atoms with Gasteiger partial charge in [-0.1, -0.05) is 36.4 Å². The number of hydrogen-bond donors (Lipinski definition) is 0. The molecule has 3 atom stereocenters. The van der Waals surface area contributed by atoms with E-state index in [1.165, 1.54) is 0 Å². The number of rotatable bonds is 4. The second-order valence-corrected chi connectivity index (χ2v) is 8.46. The van der Waals surface area contributed by atoms with Crippen molar-refractivity contribution in [2.24, 2.45) is 10.2 Å². The number of hydrogen-bond acceptors (Lipinski definition) is 7. The second kappa shape index (κ2) is 7.13. The second-order valence-electron chi connectivity index (χ2n) is 8.46. The molecule has 31 heavy (non-hydrogen) atoms. The van der Waals surface area contributed by atoms with Crippen LogP contribution in [0.4, 0.5) is 11.4 Å². The Kier molecular flexibility index (Phi) is 4.51. The Morgan fingerprint density at radius 2 is 1.52 bits per heavy atom. The topological polar surface area (TPSA) is 68.6 Å². The highest BCUT2D eigenvalue weighted by atomic mass is 16.1. The summed E-state index contributed by atoms with van der Waals surface area (Å²) in [6.45, 7) is 3.14. The zero-order chi connectivity index (χ0) is 21.8. The van der Waals surface area contributed by atoms with Gasteiger partial charge in [-0.05, 0) is 31.3 Å². The van der Waals surface area contributed by atoms with Gasteiger partial charge in [0.05, 0.1) is 23.5 Å². The van der Waals surface area contributed by atoms with Gasteiger partial charge in [0, 0.05) is 26.7 Å². The van der Waals surface area contributed by atoms with Crippen LogP contribution in [-0.2, 0) is 9.59 Å². The summed E-state index contributed by atoms with van der Waals surface area (Å²) in [4.78, 5) is 27.1. The lowest BCUT2D eigenvalue weighted by atomic mass is 9.96. The first-order chi connectivity index (χ1) is 14.9. The minimum atomic E-state index is -0.540. The van der Waals surface area contributed by atoms with Crippen molar-refractivity contribution in [3.8, 4) is 0 Å². The molecule has 1 spiro atoms. The molecule has 3 aliphatic rings. The number of hydrazone groups is 2. The summed E-state index contributed by atoms with van der Waals surface area (Å²) >= 11 is 0. The van der Waals surface area contributed by atoms with Gasteiger partial charge in [0.1, 0.15) is 17.1 Å². The minimum Gasteiger partial charge on any atom is -0.293 e. The van der Waals surface area contributed by atoms with E-state index in [9.17, 15) is 9.59 Å². The van der Waals surface area contributed by atoms with Gasteiger partial charge in [0.25, 0.3) is 0 Å². The van der Waals surface area contributed by atoms with Gasteiger partial charge in [-0.3, -0.25) is 19.5 Å². The molecule has 0 aromatic heterocycles. The van der Waals surface area contributed by atoms with Crippen molar-refractivity contribution in [3.05, 3.63) is 60.7 Å². The number of fused-ring (bicyclic) bond motifs is 1. The molecule has 5 rings (SSSR count). The van der Waals surface area contributed by atoms with Crippen LogP contribution in [0.25, 0.3) is 0 Å². The lowest BCUT2D eigenvalue weighted by Crippen LogP contribution is -2.55. The summed E-state index contributed by atoms with van der Waals surface area (Å²) in [5, 5.41) is 13.4. The van der Waals surface area contributed by atoms with E-state index in [0.29, 0.717) is 24.3 Å². The highest BCUT2D eigenvalue weighted by Crippen LogP contribution is 2.49. The lowest BCUT2D eigenvalue weighted by Gasteiger charge is -2.41. The quantitative estimate of drug-likeness (QED) is 0.768. The van der Waals surface area contributed by atoms with E-state index < -0.39 is 5.66 Å². The highest BCUT2D eigenvalue weighted by Gasteiger charge is 2.62. The number of likely N-dealkylation sites (tertiary alicyclic amines) is 1. The molecule has 0 bridgehead atoms. The van der Waals surface area contributed by atoms with Gasteiger partial charge < -0.3 is 0 Å². The molecule has 1 unspecified atom stereocenters. The largest absolute Gasteiger partial charge is 0.293 e. The molecule has 7 nitrogen and oxygen atoms in total. The fraction of sp³-hybridized carbons (Fsp3) is 0.333. The molecule has 2 aromatic carbocycles. The Balaban J connectivity index is 1.61. The molecule has 3 heterocycles. The van der Waals surface area contributed by atoms with Crippen LogP contribution in [0.15, 0.2) is 70.9 Å². The molecular weight excluding hydrogens is 390 g/mol. The fourth-order valence-electron chi connectivity index (χ4n) is 5.14. The molecule has 0 radical (unpaired) electrons. The van der Waals surface area contributed by atoms with Crippen LogP contribution in [0.1, 0.15) is 26.7 Å². The predicted octanol–water partition coefficient (Wildman–Crippen LogP) is 3.08. The summed E-state index contributed by atoms with van der Waals surface area (Å²) in [7, 11) is 2.02. The number of nitrogens with zero attached hydrogens (tertiary/aromatic N) is 5. The summed E-state index contributed by atoms with van der Waals surface area (Å²) in [5.74, 6) is -0.0575. The third kappa shape index (κ3) is 2.91. The first-order valence-electron chi connectivity index (χ1n) is 10.5. The molecule has 3 aliphatic heterocycles. The van der Waals surface area contributed by atoms with E-state index in [1.54, 1.807) is 13.8 Å². The number of benzene rings is 2. The molecular formula is C24H25N5O2. The summed E-state index contributed by atoms with van der Waals surface area (Å²) in [6.07, 6.45) is 1.20. The average molecular weight is 415 g/mol. The van der Waals surface area contributed by atoms with Gasteiger partial charge in [-0.25, -0.2) is 5.01 Å². The maximum atomic E-state index is 12.6. The molecule has 0 N–H and O–H groups in total. The summed E-state index contributed by atoms with van der Waals surface area (Å²) < 4.78 is 0. The van der Waals surface area contributed by atoms with Crippen LogP contribution in [0.3, 0.4) is 0 Å². The SMILES string of the molecule is CC(=O)C1=NN(c2ccccc2)C2(C1)C[C@H]1[C@H](C(C(C)=O)=NN1c1ccccc1)N2C. The van der Waals surface area contributed by atoms with Crippen LogP contribution in [0.2, 0.25) is 0 Å². The Morgan fingerprint density at radius 1 is 0.903 bits per heavy atom. The van der Waals surface area contributed by atoms with Gasteiger partial charge in [0.2, 0.25) is 0 Å². The number of Topliss-reactive ketones (excluding diaryl/α,β-unsaturated/α-hetero) is 2. The number of likely N-dealkylation sites (N-methyl/N-ethyl adjacent to an activating group) is 1. The van der Waals surface area contributed by atoms with Crippen molar-refractivity contribution in [3.63, 3.8) is 0 Å². The van der Waals surface area contributed by atoms with E-state index in [0.717, 1.165) is 11.4 Å². The van der Waals surface area contributed by atoms with Crippen LogP contribution >= 0.6 is 0 Å². The fourth-order valence-corrected chi connectivity index (χ4v) is 5.14. The zero-order valence-electron chi connectivity index (χ0n) is 17.9. The molecule has 2 aromatic rings. The van der Waals surface area contributed by atoms with Crippen LogP contribution in [0.5, 0.6) is 0 Å². The van der Waals surface area contributed by atoms with Crippen molar-refractivity contribution in [2.75, 3.05) is 17.1 Å². The first-order valence-corrected chi connectivity index (χ1v) is 10.5.